The zero-order chi connectivity index (χ0) is 7.73. The van der Waals surface area contributed by atoms with Crippen molar-refractivity contribution in [1.82, 2.24) is 0 Å². The highest BCUT2D eigenvalue weighted by Gasteiger charge is 2.38. The van der Waals surface area contributed by atoms with Crippen molar-refractivity contribution in [3.63, 3.8) is 0 Å². The minimum absolute atomic E-state index is 0. The lowest BCUT2D eigenvalue weighted by molar-refractivity contribution is 0.393. The van der Waals surface area contributed by atoms with Crippen LogP contribution in [0.4, 0.5) is 0 Å². The fourth-order valence-corrected chi connectivity index (χ4v) is 3.43. The molecular formula is C10H20S2. The molecule has 0 bridgehead atoms. The maximum absolute atomic E-state index is 4.88. The summed E-state index contributed by atoms with van der Waals surface area (Å²) in [6, 6.07) is 0. The third kappa shape index (κ3) is 1.95. The van der Waals surface area contributed by atoms with Gasteiger partial charge in [-0.05, 0) is 31.6 Å². The van der Waals surface area contributed by atoms with Crippen LogP contribution in [0, 0.1) is 5.92 Å². The van der Waals surface area contributed by atoms with Crippen molar-refractivity contribution < 1.29 is 0 Å². The Labute approximate surface area is 88.4 Å². The van der Waals surface area contributed by atoms with Gasteiger partial charge in [0.2, 0.25) is 0 Å². The number of thiol groups is 1. The van der Waals surface area contributed by atoms with E-state index in [-0.39, 0.29) is 13.5 Å². The summed E-state index contributed by atoms with van der Waals surface area (Å²) >= 11 is 4.88. The molecule has 2 heteroatoms. The first-order valence-electron chi connectivity index (χ1n) is 5.04. The van der Waals surface area contributed by atoms with Crippen molar-refractivity contribution in [3.05, 3.63) is 0 Å². The van der Waals surface area contributed by atoms with Crippen LogP contribution in [0.15, 0.2) is 0 Å². The molecular weight excluding hydrogens is 184 g/mol. The summed E-state index contributed by atoms with van der Waals surface area (Å²) in [7, 11) is 0. The van der Waals surface area contributed by atoms with Crippen LogP contribution in [0.3, 0.4) is 0 Å². The van der Waals surface area contributed by atoms with Gasteiger partial charge in [0.15, 0.2) is 0 Å². The molecule has 0 heterocycles. The quantitative estimate of drug-likeness (QED) is 0.621. The van der Waals surface area contributed by atoms with Crippen LogP contribution in [0.5, 0.6) is 0 Å². The molecule has 0 atom stereocenters. The second kappa shape index (κ2) is 4.28. The van der Waals surface area contributed by atoms with Gasteiger partial charge in [0.1, 0.15) is 0 Å². The Bertz CT molecular complexity index is 133. The zero-order valence-corrected chi connectivity index (χ0v) is 9.58. The highest BCUT2D eigenvalue weighted by atomic mass is 32.1. The van der Waals surface area contributed by atoms with Gasteiger partial charge in [-0.1, -0.05) is 25.7 Å². The molecule has 0 unspecified atom stereocenters. The van der Waals surface area contributed by atoms with E-state index in [9.17, 15) is 0 Å². The first-order valence-corrected chi connectivity index (χ1v) is 5.48. The molecule has 0 aromatic carbocycles. The van der Waals surface area contributed by atoms with Crippen molar-refractivity contribution in [2.75, 3.05) is 0 Å². The molecule has 72 valence electrons. The SMILES string of the molecule is S.SC1(C2CCCC2)CCCC1. The second-order valence-corrected chi connectivity index (χ2v) is 5.18. The van der Waals surface area contributed by atoms with Crippen LogP contribution in [-0.2, 0) is 0 Å². The molecule has 0 spiro atoms. The smallest absolute Gasteiger partial charge is 0.0158 e. The van der Waals surface area contributed by atoms with Crippen LogP contribution in [0.2, 0.25) is 0 Å². The maximum atomic E-state index is 4.88. The van der Waals surface area contributed by atoms with Gasteiger partial charge >= 0.3 is 0 Å². The fraction of sp³-hybridized carbons (Fsp3) is 1.00. The van der Waals surface area contributed by atoms with E-state index in [1.54, 1.807) is 0 Å². The van der Waals surface area contributed by atoms with Crippen LogP contribution in [0.1, 0.15) is 51.4 Å². The zero-order valence-electron chi connectivity index (χ0n) is 7.68. The summed E-state index contributed by atoms with van der Waals surface area (Å²) in [6.07, 6.45) is 11.5. The average molecular weight is 204 g/mol. The molecule has 2 aliphatic rings. The molecule has 2 rings (SSSR count). The van der Waals surface area contributed by atoms with Gasteiger partial charge in [0.25, 0.3) is 0 Å². The van der Waals surface area contributed by atoms with Crippen molar-refractivity contribution in [3.8, 4) is 0 Å². The fourth-order valence-electron chi connectivity index (χ4n) is 2.86. The Morgan fingerprint density at radius 3 is 1.92 bits per heavy atom. The average Bonchev–Trinajstić information content (AvgIpc) is 2.55. The van der Waals surface area contributed by atoms with Crippen LogP contribution in [-0.4, -0.2) is 4.75 Å². The predicted molar refractivity (Wildman–Crippen MR) is 62.5 cm³/mol. The largest absolute Gasteiger partial charge is 0.197 e. The molecule has 0 amide bonds. The first kappa shape index (κ1) is 10.8. The first-order chi connectivity index (χ1) is 5.31. The van der Waals surface area contributed by atoms with Gasteiger partial charge in [0, 0.05) is 4.75 Å². The van der Waals surface area contributed by atoms with Crippen LogP contribution >= 0.6 is 26.1 Å². The topological polar surface area (TPSA) is 0 Å². The van der Waals surface area contributed by atoms with Crippen molar-refractivity contribution >= 4 is 26.1 Å². The van der Waals surface area contributed by atoms with E-state index in [2.05, 4.69) is 0 Å². The molecule has 0 nitrogen and oxygen atoms in total. The summed E-state index contributed by atoms with van der Waals surface area (Å²) < 4.78 is 0.469. The highest BCUT2D eigenvalue weighted by Crippen LogP contribution is 2.47. The van der Waals surface area contributed by atoms with E-state index >= 15 is 0 Å². The Morgan fingerprint density at radius 2 is 1.42 bits per heavy atom. The summed E-state index contributed by atoms with van der Waals surface area (Å²) in [6.45, 7) is 0. The van der Waals surface area contributed by atoms with E-state index in [4.69, 9.17) is 12.6 Å². The van der Waals surface area contributed by atoms with Gasteiger partial charge in [-0.15, -0.1) is 0 Å². The molecule has 2 fully saturated rings. The van der Waals surface area contributed by atoms with E-state index in [1.165, 1.54) is 51.4 Å². The van der Waals surface area contributed by atoms with Gasteiger partial charge in [-0.25, -0.2) is 0 Å². The van der Waals surface area contributed by atoms with Gasteiger partial charge in [-0.2, -0.15) is 26.1 Å². The van der Waals surface area contributed by atoms with Crippen LogP contribution in [0.25, 0.3) is 0 Å². The second-order valence-electron chi connectivity index (χ2n) is 4.29. The maximum Gasteiger partial charge on any atom is 0.0158 e. The summed E-state index contributed by atoms with van der Waals surface area (Å²) in [5.41, 5.74) is 0. The lowest BCUT2D eigenvalue weighted by atomic mass is 9.88. The van der Waals surface area contributed by atoms with Crippen molar-refractivity contribution in [1.29, 1.82) is 0 Å². The van der Waals surface area contributed by atoms with Gasteiger partial charge in [0.05, 0.1) is 0 Å². The molecule has 0 saturated heterocycles. The minimum Gasteiger partial charge on any atom is -0.197 e. The van der Waals surface area contributed by atoms with E-state index in [1.807, 2.05) is 0 Å². The Balaban J connectivity index is 0.000000720. The Hall–Kier alpha value is 0.700. The molecule has 0 radical (unpaired) electrons. The van der Waals surface area contributed by atoms with Crippen molar-refractivity contribution in [2.24, 2.45) is 5.92 Å². The molecule has 0 aromatic rings. The third-order valence-electron chi connectivity index (χ3n) is 3.58. The predicted octanol–water partition coefficient (Wildman–Crippen LogP) is 3.53. The third-order valence-corrected chi connectivity index (χ3v) is 4.40. The lowest BCUT2D eigenvalue weighted by Gasteiger charge is -2.29. The minimum atomic E-state index is 0. The van der Waals surface area contributed by atoms with E-state index in [0.717, 1.165) is 5.92 Å². The highest BCUT2D eigenvalue weighted by molar-refractivity contribution is 7.81. The Kier molecular flexibility index (Phi) is 3.84. The summed E-state index contributed by atoms with van der Waals surface area (Å²) in [4.78, 5) is 0. The summed E-state index contributed by atoms with van der Waals surface area (Å²) in [5, 5.41) is 0. The molecule has 0 aliphatic heterocycles. The molecule has 0 aromatic heterocycles. The molecule has 2 aliphatic carbocycles. The number of hydrogen-bond acceptors (Lipinski definition) is 1. The lowest BCUT2D eigenvalue weighted by Crippen LogP contribution is -2.26. The number of rotatable bonds is 1. The van der Waals surface area contributed by atoms with Gasteiger partial charge < -0.3 is 0 Å². The normalized spacial score (nSPS) is 28.8. The molecule has 2 saturated carbocycles. The van der Waals surface area contributed by atoms with Crippen molar-refractivity contribution in [2.45, 2.75) is 56.1 Å². The standard InChI is InChI=1S/C10H18S.H2S/c11-10(7-3-4-8-10)9-5-1-2-6-9;/h9,11H,1-8H2;1H2. The monoisotopic (exact) mass is 204 g/mol. The van der Waals surface area contributed by atoms with Crippen LogP contribution < -0.4 is 0 Å². The summed E-state index contributed by atoms with van der Waals surface area (Å²) in [5.74, 6) is 0.966. The Morgan fingerprint density at radius 1 is 0.917 bits per heavy atom. The molecule has 0 N–H and O–H groups in total. The molecule has 12 heavy (non-hydrogen) atoms. The van der Waals surface area contributed by atoms with E-state index < -0.39 is 0 Å². The van der Waals surface area contributed by atoms with E-state index in [0.29, 0.717) is 4.75 Å². The number of hydrogen-bond donors (Lipinski definition) is 1. The van der Waals surface area contributed by atoms with Gasteiger partial charge in [-0.3, -0.25) is 0 Å².